The maximum Gasteiger partial charge on any atom is 0.269 e. The fraction of sp³-hybridized carbons (Fsp3) is 0.185. The molecule has 8 nitrogen and oxygen atoms in total. The Morgan fingerprint density at radius 1 is 1.03 bits per heavy atom. The van der Waals surface area contributed by atoms with Crippen molar-refractivity contribution in [2.75, 3.05) is 43.0 Å². The molecular weight excluding hydrogens is 512 g/mol. The molecule has 10 heteroatoms. The van der Waals surface area contributed by atoms with Crippen LogP contribution in [-0.2, 0) is 4.79 Å². The number of carbonyl (C=O) groups excluding carboxylic acids is 2. The normalized spacial score (nSPS) is 16.6. The number of hydrogen-bond acceptors (Lipinski definition) is 6. The topological polar surface area (TPSA) is 87.0 Å². The van der Waals surface area contributed by atoms with Gasteiger partial charge in [-0.2, -0.15) is 0 Å². The number of rotatable bonds is 4. The third kappa shape index (κ3) is 5.05. The maximum atomic E-state index is 13.3. The maximum absolute atomic E-state index is 13.3. The van der Waals surface area contributed by atoms with Gasteiger partial charge < -0.3 is 14.7 Å². The number of piperazine rings is 1. The second-order valence-corrected chi connectivity index (χ2v) is 10.2. The lowest BCUT2D eigenvalue weighted by Crippen LogP contribution is -2.48. The molecular formula is C27H23ClN4O4S. The summed E-state index contributed by atoms with van der Waals surface area (Å²) in [7, 11) is 1.71. The lowest BCUT2D eigenvalue weighted by molar-refractivity contribution is -0.384. The van der Waals surface area contributed by atoms with E-state index in [1.54, 1.807) is 53.3 Å². The number of fused-ring (bicyclic) bond motifs is 1. The zero-order valence-electron chi connectivity index (χ0n) is 20.0. The molecule has 1 fully saturated rings. The van der Waals surface area contributed by atoms with Crippen LogP contribution in [0.25, 0.3) is 6.08 Å². The molecule has 188 valence electrons. The fourth-order valence-electron chi connectivity index (χ4n) is 4.40. The summed E-state index contributed by atoms with van der Waals surface area (Å²) in [5.74, 6) is -0.242. The van der Waals surface area contributed by atoms with Crippen molar-refractivity contribution in [3.05, 3.63) is 97.9 Å². The van der Waals surface area contributed by atoms with Crippen LogP contribution >= 0.6 is 23.4 Å². The molecule has 5 rings (SSSR count). The number of amides is 2. The monoisotopic (exact) mass is 534 g/mol. The predicted octanol–water partition coefficient (Wildman–Crippen LogP) is 5.32. The van der Waals surface area contributed by atoms with E-state index in [1.807, 2.05) is 24.3 Å². The molecule has 37 heavy (non-hydrogen) atoms. The predicted molar refractivity (Wildman–Crippen MR) is 146 cm³/mol. The Kier molecular flexibility index (Phi) is 6.90. The minimum atomic E-state index is -0.418. The Morgan fingerprint density at radius 2 is 1.73 bits per heavy atom. The smallest absolute Gasteiger partial charge is 0.269 e. The first kappa shape index (κ1) is 24.9. The van der Waals surface area contributed by atoms with Gasteiger partial charge in [0.1, 0.15) is 0 Å². The van der Waals surface area contributed by atoms with Gasteiger partial charge in [0.05, 0.1) is 15.5 Å². The standard InChI is InChI=1S/C27H23ClN4O4S/c1-29-23-16-19(6-11-24(23)37-25(27(29)34)17-18-4-2-3-5-22(18)28)26(33)31-14-12-30(13-15-31)20-7-9-21(10-8-20)32(35)36/h2-11,16-17H,12-15H2,1H3. The second kappa shape index (κ2) is 10.3. The highest BCUT2D eigenvalue weighted by molar-refractivity contribution is 8.04. The number of likely N-dealkylation sites (N-methyl/N-ethyl adjacent to an activating group) is 1. The molecule has 0 aromatic heterocycles. The highest BCUT2D eigenvalue weighted by atomic mass is 35.5. The van der Waals surface area contributed by atoms with E-state index in [-0.39, 0.29) is 17.5 Å². The third-order valence-electron chi connectivity index (χ3n) is 6.49. The number of nitro benzene ring substituents is 1. The van der Waals surface area contributed by atoms with Crippen molar-refractivity contribution in [3.8, 4) is 0 Å². The number of non-ortho nitro benzene ring substituents is 1. The van der Waals surface area contributed by atoms with Gasteiger partial charge in [0.15, 0.2) is 0 Å². The van der Waals surface area contributed by atoms with Crippen molar-refractivity contribution in [2.24, 2.45) is 0 Å². The molecule has 2 aliphatic heterocycles. The van der Waals surface area contributed by atoms with E-state index >= 15 is 0 Å². The Labute approximate surface area is 223 Å². The number of anilines is 2. The summed E-state index contributed by atoms with van der Waals surface area (Å²) in [5.41, 5.74) is 2.95. The van der Waals surface area contributed by atoms with E-state index in [0.29, 0.717) is 47.4 Å². The van der Waals surface area contributed by atoms with Gasteiger partial charge in [-0.25, -0.2) is 0 Å². The largest absolute Gasteiger partial charge is 0.368 e. The number of thioether (sulfide) groups is 1. The molecule has 0 N–H and O–H groups in total. The van der Waals surface area contributed by atoms with Crippen LogP contribution in [-0.4, -0.2) is 54.9 Å². The minimum Gasteiger partial charge on any atom is -0.368 e. The fourth-order valence-corrected chi connectivity index (χ4v) is 5.67. The number of nitrogens with zero attached hydrogens (tertiary/aromatic N) is 4. The summed E-state index contributed by atoms with van der Waals surface area (Å²) in [5, 5.41) is 11.5. The molecule has 0 atom stereocenters. The number of benzene rings is 3. The van der Waals surface area contributed by atoms with E-state index < -0.39 is 4.92 Å². The SMILES string of the molecule is CN1C(=O)C(=Cc2ccccc2Cl)Sc2ccc(C(=O)N3CCN(c4ccc([N+](=O)[O-])cc4)CC3)cc21. The van der Waals surface area contributed by atoms with E-state index in [0.717, 1.165) is 16.1 Å². The second-order valence-electron chi connectivity index (χ2n) is 8.73. The molecule has 3 aromatic rings. The van der Waals surface area contributed by atoms with Crippen molar-refractivity contribution >= 4 is 58.3 Å². The molecule has 2 amide bonds. The molecule has 0 unspecified atom stereocenters. The van der Waals surface area contributed by atoms with E-state index in [2.05, 4.69) is 4.90 Å². The van der Waals surface area contributed by atoms with Gasteiger partial charge in [-0.1, -0.05) is 41.6 Å². The quantitative estimate of drug-likeness (QED) is 0.256. The first-order chi connectivity index (χ1) is 17.8. The van der Waals surface area contributed by atoms with Gasteiger partial charge in [-0.05, 0) is 48.0 Å². The zero-order chi connectivity index (χ0) is 26.1. The van der Waals surface area contributed by atoms with Crippen LogP contribution in [0.5, 0.6) is 0 Å². The van der Waals surface area contributed by atoms with Gasteiger partial charge >= 0.3 is 0 Å². The lowest BCUT2D eigenvalue weighted by Gasteiger charge is -2.36. The van der Waals surface area contributed by atoms with Crippen molar-refractivity contribution in [2.45, 2.75) is 4.90 Å². The molecule has 3 aromatic carbocycles. The summed E-state index contributed by atoms with van der Waals surface area (Å²) in [6.07, 6.45) is 1.79. The van der Waals surface area contributed by atoms with Crippen molar-refractivity contribution < 1.29 is 14.5 Å². The average molecular weight is 535 g/mol. The summed E-state index contributed by atoms with van der Waals surface area (Å²) in [4.78, 5) is 43.7. The summed E-state index contributed by atoms with van der Waals surface area (Å²) < 4.78 is 0. The third-order valence-corrected chi connectivity index (χ3v) is 7.91. The van der Waals surface area contributed by atoms with Crippen LogP contribution in [0.3, 0.4) is 0 Å². The van der Waals surface area contributed by atoms with Crippen molar-refractivity contribution in [3.63, 3.8) is 0 Å². The molecule has 0 spiro atoms. The molecule has 0 saturated carbocycles. The van der Waals surface area contributed by atoms with Crippen LogP contribution < -0.4 is 9.80 Å². The number of nitro groups is 1. The first-order valence-corrected chi connectivity index (χ1v) is 12.9. The van der Waals surface area contributed by atoms with E-state index in [1.165, 1.54) is 23.9 Å². The van der Waals surface area contributed by atoms with Crippen LogP contribution in [0, 0.1) is 10.1 Å². The molecule has 2 heterocycles. The summed E-state index contributed by atoms with van der Waals surface area (Å²) in [6, 6.07) is 19.3. The highest BCUT2D eigenvalue weighted by Crippen LogP contribution is 2.42. The van der Waals surface area contributed by atoms with Crippen LogP contribution in [0.15, 0.2) is 76.5 Å². The molecule has 0 bridgehead atoms. The number of hydrogen-bond donors (Lipinski definition) is 0. The minimum absolute atomic E-state index is 0.0538. The van der Waals surface area contributed by atoms with Gasteiger partial charge in [0, 0.05) is 66.5 Å². The van der Waals surface area contributed by atoms with Gasteiger partial charge in [0.25, 0.3) is 17.5 Å². The Bertz CT molecular complexity index is 1420. The van der Waals surface area contributed by atoms with Crippen LogP contribution in [0.1, 0.15) is 15.9 Å². The van der Waals surface area contributed by atoms with Crippen molar-refractivity contribution in [1.29, 1.82) is 0 Å². The average Bonchev–Trinajstić information content (AvgIpc) is 2.92. The lowest BCUT2D eigenvalue weighted by atomic mass is 10.1. The van der Waals surface area contributed by atoms with Gasteiger partial charge in [0.2, 0.25) is 0 Å². The summed E-state index contributed by atoms with van der Waals surface area (Å²) in [6.45, 7) is 2.31. The highest BCUT2D eigenvalue weighted by Gasteiger charge is 2.29. The molecule has 1 saturated heterocycles. The van der Waals surface area contributed by atoms with Gasteiger partial charge in [-0.15, -0.1) is 0 Å². The van der Waals surface area contributed by atoms with Crippen LogP contribution in [0.4, 0.5) is 17.1 Å². The Balaban J connectivity index is 1.28. The molecule has 0 aliphatic carbocycles. The molecule has 2 aliphatic rings. The van der Waals surface area contributed by atoms with E-state index in [4.69, 9.17) is 11.6 Å². The zero-order valence-corrected chi connectivity index (χ0v) is 21.5. The Hall–Kier alpha value is -3.82. The van der Waals surface area contributed by atoms with E-state index in [9.17, 15) is 19.7 Å². The van der Waals surface area contributed by atoms with Gasteiger partial charge in [-0.3, -0.25) is 19.7 Å². The Morgan fingerprint density at radius 3 is 2.41 bits per heavy atom. The van der Waals surface area contributed by atoms with Crippen LogP contribution in [0.2, 0.25) is 5.02 Å². The summed E-state index contributed by atoms with van der Waals surface area (Å²) >= 11 is 7.64. The molecule has 0 radical (unpaired) electrons. The number of carbonyl (C=O) groups is 2. The first-order valence-electron chi connectivity index (χ1n) is 11.7. The van der Waals surface area contributed by atoms with Crippen molar-refractivity contribution in [1.82, 2.24) is 4.90 Å². The number of halogens is 1.